The summed E-state index contributed by atoms with van der Waals surface area (Å²) in [5, 5.41) is 0. The van der Waals surface area contributed by atoms with E-state index in [1.54, 1.807) is 6.07 Å². The number of halogens is 1. The van der Waals surface area contributed by atoms with Crippen molar-refractivity contribution in [3.63, 3.8) is 0 Å². The number of benzene rings is 1. The van der Waals surface area contributed by atoms with Crippen LogP contribution in [-0.4, -0.2) is 0 Å². The lowest BCUT2D eigenvalue weighted by Gasteiger charge is -2.46. The van der Waals surface area contributed by atoms with E-state index in [1.165, 1.54) is 12.5 Å². The summed E-state index contributed by atoms with van der Waals surface area (Å²) in [7, 11) is 0. The fourth-order valence-corrected chi connectivity index (χ4v) is 3.71. The van der Waals surface area contributed by atoms with E-state index in [0.717, 1.165) is 12.8 Å². The quantitative estimate of drug-likeness (QED) is 0.786. The van der Waals surface area contributed by atoms with Crippen molar-refractivity contribution in [1.29, 1.82) is 0 Å². The van der Waals surface area contributed by atoms with Gasteiger partial charge in [-0.2, -0.15) is 0 Å². The summed E-state index contributed by atoms with van der Waals surface area (Å²) in [5.74, 6) is 0.378. The van der Waals surface area contributed by atoms with E-state index >= 15 is 0 Å². The van der Waals surface area contributed by atoms with Crippen LogP contribution in [0, 0.1) is 17.2 Å². The molecule has 1 fully saturated rings. The summed E-state index contributed by atoms with van der Waals surface area (Å²) >= 11 is 0. The first-order valence-corrected chi connectivity index (χ1v) is 6.36. The number of hydrogen-bond donors (Lipinski definition) is 1. The Balaban J connectivity index is 2.39. The molecule has 17 heavy (non-hydrogen) atoms. The maximum atomic E-state index is 13.9. The fourth-order valence-electron chi connectivity index (χ4n) is 3.71. The largest absolute Gasteiger partial charge is 0.321 e. The van der Waals surface area contributed by atoms with E-state index in [2.05, 4.69) is 20.8 Å². The van der Waals surface area contributed by atoms with Crippen LogP contribution in [0.4, 0.5) is 4.39 Å². The third-order valence-corrected chi connectivity index (χ3v) is 3.82. The SMILES string of the molecule is CC1CC(C)(C)CC(N)(c2ccccc2F)C1. The molecule has 94 valence electrons. The molecule has 2 heteroatoms. The van der Waals surface area contributed by atoms with Gasteiger partial charge in [0, 0.05) is 11.1 Å². The molecule has 0 radical (unpaired) electrons. The van der Waals surface area contributed by atoms with Gasteiger partial charge in [-0.25, -0.2) is 4.39 Å². The van der Waals surface area contributed by atoms with Crippen molar-refractivity contribution in [3.8, 4) is 0 Å². The third-order valence-electron chi connectivity index (χ3n) is 3.82. The average Bonchev–Trinajstić information content (AvgIpc) is 2.13. The molecule has 1 nitrogen and oxygen atoms in total. The molecule has 2 atom stereocenters. The second-order valence-electron chi connectivity index (χ2n) is 6.49. The van der Waals surface area contributed by atoms with Gasteiger partial charge in [-0.3, -0.25) is 0 Å². The molecule has 0 aromatic heterocycles. The maximum absolute atomic E-state index is 13.9. The minimum Gasteiger partial charge on any atom is -0.321 e. The van der Waals surface area contributed by atoms with E-state index < -0.39 is 5.54 Å². The molecular formula is C15H22FN. The molecule has 1 aliphatic carbocycles. The lowest BCUT2D eigenvalue weighted by molar-refractivity contribution is 0.105. The molecule has 0 spiro atoms. The summed E-state index contributed by atoms with van der Waals surface area (Å²) in [5.41, 5.74) is 6.87. The first kappa shape index (κ1) is 12.6. The van der Waals surface area contributed by atoms with Crippen LogP contribution in [0.15, 0.2) is 24.3 Å². The van der Waals surface area contributed by atoms with Crippen LogP contribution < -0.4 is 5.73 Å². The van der Waals surface area contributed by atoms with Crippen LogP contribution in [0.3, 0.4) is 0 Å². The Morgan fingerprint density at radius 2 is 1.88 bits per heavy atom. The zero-order valence-corrected chi connectivity index (χ0v) is 11.0. The van der Waals surface area contributed by atoms with Gasteiger partial charge in [-0.1, -0.05) is 39.0 Å². The van der Waals surface area contributed by atoms with Crippen LogP contribution in [0.25, 0.3) is 0 Å². The second kappa shape index (κ2) is 4.09. The van der Waals surface area contributed by atoms with Crippen molar-refractivity contribution < 1.29 is 4.39 Å². The van der Waals surface area contributed by atoms with Crippen molar-refractivity contribution in [1.82, 2.24) is 0 Å². The summed E-state index contributed by atoms with van der Waals surface area (Å²) in [6.45, 7) is 6.67. The summed E-state index contributed by atoms with van der Waals surface area (Å²) in [4.78, 5) is 0. The molecule has 0 saturated heterocycles. The molecule has 2 N–H and O–H groups in total. The molecule has 0 aliphatic heterocycles. The van der Waals surface area contributed by atoms with E-state index in [0.29, 0.717) is 11.5 Å². The monoisotopic (exact) mass is 235 g/mol. The van der Waals surface area contributed by atoms with E-state index in [4.69, 9.17) is 5.73 Å². The van der Waals surface area contributed by atoms with Gasteiger partial charge in [-0.05, 0) is 36.7 Å². The lowest BCUT2D eigenvalue weighted by Crippen LogP contribution is -2.47. The Hall–Kier alpha value is -0.890. The molecule has 0 heterocycles. The molecule has 2 unspecified atom stereocenters. The molecule has 2 rings (SSSR count). The normalized spacial score (nSPS) is 32.4. The molecule has 0 amide bonds. The Labute approximate surface area is 103 Å². The topological polar surface area (TPSA) is 26.0 Å². The van der Waals surface area contributed by atoms with Crippen LogP contribution in [0.5, 0.6) is 0 Å². The average molecular weight is 235 g/mol. The zero-order valence-electron chi connectivity index (χ0n) is 11.0. The molecular weight excluding hydrogens is 213 g/mol. The summed E-state index contributed by atoms with van der Waals surface area (Å²) in [6, 6.07) is 6.94. The predicted molar refractivity (Wildman–Crippen MR) is 69.1 cm³/mol. The van der Waals surface area contributed by atoms with Gasteiger partial charge in [0.2, 0.25) is 0 Å². The van der Waals surface area contributed by atoms with E-state index in [1.807, 2.05) is 12.1 Å². The van der Waals surface area contributed by atoms with Gasteiger partial charge in [0.1, 0.15) is 5.82 Å². The van der Waals surface area contributed by atoms with Crippen LogP contribution >= 0.6 is 0 Å². The molecule has 0 bridgehead atoms. The highest BCUT2D eigenvalue weighted by Crippen LogP contribution is 2.47. The first-order chi connectivity index (χ1) is 7.82. The summed E-state index contributed by atoms with van der Waals surface area (Å²) < 4.78 is 13.9. The predicted octanol–water partition coefficient (Wildman–Crippen LogP) is 3.83. The minimum atomic E-state index is -0.507. The number of hydrogen-bond acceptors (Lipinski definition) is 1. The van der Waals surface area contributed by atoms with Crippen molar-refractivity contribution in [2.45, 2.75) is 45.6 Å². The molecule has 1 saturated carbocycles. The highest BCUT2D eigenvalue weighted by molar-refractivity contribution is 5.27. The molecule has 1 aromatic rings. The smallest absolute Gasteiger partial charge is 0.128 e. The van der Waals surface area contributed by atoms with Gasteiger partial charge in [-0.15, -0.1) is 0 Å². The first-order valence-electron chi connectivity index (χ1n) is 6.36. The van der Waals surface area contributed by atoms with Gasteiger partial charge in [0.25, 0.3) is 0 Å². The fraction of sp³-hybridized carbons (Fsp3) is 0.600. The van der Waals surface area contributed by atoms with Crippen molar-refractivity contribution in [3.05, 3.63) is 35.6 Å². The second-order valence-corrected chi connectivity index (χ2v) is 6.49. The van der Waals surface area contributed by atoms with E-state index in [-0.39, 0.29) is 11.2 Å². The highest BCUT2D eigenvalue weighted by Gasteiger charge is 2.42. The minimum absolute atomic E-state index is 0.167. The Morgan fingerprint density at radius 1 is 1.24 bits per heavy atom. The third kappa shape index (κ3) is 2.52. The van der Waals surface area contributed by atoms with Crippen LogP contribution in [-0.2, 0) is 5.54 Å². The van der Waals surface area contributed by atoms with Crippen molar-refractivity contribution in [2.75, 3.05) is 0 Å². The lowest BCUT2D eigenvalue weighted by atomic mass is 9.62. The Bertz CT molecular complexity index is 413. The van der Waals surface area contributed by atoms with Gasteiger partial charge < -0.3 is 5.73 Å². The van der Waals surface area contributed by atoms with Crippen LogP contribution in [0.1, 0.15) is 45.6 Å². The zero-order chi connectivity index (χ0) is 12.7. The van der Waals surface area contributed by atoms with Gasteiger partial charge >= 0.3 is 0 Å². The van der Waals surface area contributed by atoms with Crippen molar-refractivity contribution >= 4 is 0 Å². The number of nitrogens with two attached hydrogens (primary N) is 1. The van der Waals surface area contributed by atoms with Crippen molar-refractivity contribution in [2.24, 2.45) is 17.1 Å². The summed E-state index contributed by atoms with van der Waals surface area (Å²) in [6.07, 6.45) is 2.89. The Kier molecular flexibility index (Phi) is 3.03. The molecule has 1 aromatic carbocycles. The maximum Gasteiger partial charge on any atom is 0.128 e. The number of rotatable bonds is 1. The van der Waals surface area contributed by atoms with E-state index in [9.17, 15) is 4.39 Å². The molecule has 1 aliphatic rings. The van der Waals surface area contributed by atoms with Gasteiger partial charge in [0.05, 0.1) is 0 Å². The highest BCUT2D eigenvalue weighted by atomic mass is 19.1. The van der Waals surface area contributed by atoms with Gasteiger partial charge in [0.15, 0.2) is 0 Å². The Morgan fingerprint density at radius 3 is 2.47 bits per heavy atom. The van der Waals surface area contributed by atoms with Crippen LogP contribution in [0.2, 0.25) is 0 Å². The standard InChI is InChI=1S/C15H22FN/c1-11-8-14(2,3)10-15(17,9-11)12-6-4-5-7-13(12)16/h4-7,11H,8-10,17H2,1-3H3.